The molecule has 1 aliphatic heterocycles. The molecular weight excluding hydrogens is 266 g/mol. The summed E-state index contributed by atoms with van der Waals surface area (Å²) < 4.78 is 26.9. The molecule has 0 saturated carbocycles. The first kappa shape index (κ1) is 14.8. The minimum Gasteiger partial charge on any atom is -0.329 e. The standard InChI is InChI=1S/C14H20F2N2S/c1-19-14(10-17)4-6-18(7-5-14)9-11-8-12(15)2-3-13(11)16/h2-3,8H,4-7,9-10,17H2,1H3. The molecule has 0 amide bonds. The first-order chi connectivity index (χ1) is 9.08. The van der Waals surface area contributed by atoms with Crippen molar-refractivity contribution in [3.05, 3.63) is 35.4 Å². The van der Waals surface area contributed by atoms with Crippen molar-refractivity contribution in [1.82, 2.24) is 4.90 Å². The van der Waals surface area contributed by atoms with Crippen LogP contribution in [0.15, 0.2) is 18.2 Å². The van der Waals surface area contributed by atoms with Crippen LogP contribution in [0.2, 0.25) is 0 Å². The van der Waals surface area contributed by atoms with Gasteiger partial charge in [0, 0.05) is 23.4 Å². The van der Waals surface area contributed by atoms with Crippen molar-refractivity contribution >= 4 is 11.8 Å². The topological polar surface area (TPSA) is 29.3 Å². The molecule has 2 nitrogen and oxygen atoms in total. The normalized spacial score (nSPS) is 19.6. The van der Waals surface area contributed by atoms with Gasteiger partial charge in [-0.05, 0) is 50.4 Å². The zero-order chi connectivity index (χ0) is 13.9. The highest BCUT2D eigenvalue weighted by atomic mass is 32.2. The van der Waals surface area contributed by atoms with Crippen LogP contribution in [0.25, 0.3) is 0 Å². The maximum atomic E-state index is 13.6. The average molecular weight is 286 g/mol. The third-order valence-corrected chi connectivity index (χ3v) is 5.41. The number of nitrogens with zero attached hydrogens (tertiary/aromatic N) is 1. The molecule has 0 aliphatic carbocycles. The van der Waals surface area contributed by atoms with Crippen LogP contribution in [0.1, 0.15) is 18.4 Å². The van der Waals surface area contributed by atoms with Crippen LogP contribution >= 0.6 is 11.8 Å². The second-order valence-corrected chi connectivity index (χ2v) is 6.38. The largest absolute Gasteiger partial charge is 0.329 e. The summed E-state index contributed by atoms with van der Waals surface area (Å²) in [6.07, 6.45) is 4.10. The Kier molecular flexibility index (Phi) is 4.81. The van der Waals surface area contributed by atoms with Crippen LogP contribution < -0.4 is 5.73 Å². The van der Waals surface area contributed by atoms with Gasteiger partial charge in [-0.1, -0.05) is 0 Å². The summed E-state index contributed by atoms with van der Waals surface area (Å²) in [5.41, 5.74) is 6.28. The van der Waals surface area contributed by atoms with Crippen LogP contribution in [0.5, 0.6) is 0 Å². The van der Waals surface area contributed by atoms with E-state index in [-0.39, 0.29) is 16.4 Å². The first-order valence-corrected chi connectivity index (χ1v) is 7.72. The number of thioether (sulfide) groups is 1. The minimum atomic E-state index is -0.381. The average Bonchev–Trinajstić information content (AvgIpc) is 2.44. The SMILES string of the molecule is CSC1(CN)CCN(Cc2cc(F)ccc2F)CC1. The fourth-order valence-corrected chi connectivity index (χ4v) is 3.27. The zero-order valence-corrected chi connectivity index (χ0v) is 12.0. The first-order valence-electron chi connectivity index (χ1n) is 6.50. The van der Waals surface area contributed by atoms with Crippen LogP contribution in [0.4, 0.5) is 8.78 Å². The highest BCUT2D eigenvalue weighted by Gasteiger charge is 2.32. The molecule has 1 aromatic rings. The Morgan fingerprint density at radius 1 is 1.32 bits per heavy atom. The van der Waals surface area contributed by atoms with E-state index < -0.39 is 0 Å². The molecule has 1 aromatic carbocycles. The number of hydrogen-bond acceptors (Lipinski definition) is 3. The lowest BCUT2D eigenvalue weighted by Gasteiger charge is -2.40. The maximum absolute atomic E-state index is 13.6. The van der Waals surface area contributed by atoms with Crippen molar-refractivity contribution in [3.8, 4) is 0 Å². The Morgan fingerprint density at radius 2 is 2.00 bits per heavy atom. The minimum absolute atomic E-state index is 0.164. The van der Waals surface area contributed by atoms with Crippen LogP contribution in [-0.4, -0.2) is 35.5 Å². The highest BCUT2D eigenvalue weighted by molar-refractivity contribution is 8.00. The number of benzene rings is 1. The van der Waals surface area contributed by atoms with Crippen molar-refractivity contribution in [1.29, 1.82) is 0 Å². The summed E-state index contributed by atoms with van der Waals surface area (Å²) in [4.78, 5) is 2.17. The molecular formula is C14H20F2N2S. The van der Waals surface area contributed by atoms with E-state index in [1.807, 2.05) is 11.8 Å². The summed E-state index contributed by atoms with van der Waals surface area (Å²) >= 11 is 1.82. The van der Waals surface area contributed by atoms with Crippen molar-refractivity contribution < 1.29 is 8.78 Å². The van der Waals surface area contributed by atoms with Gasteiger partial charge < -0.3 is 5.73 Å². The van der Waals surface area contributed by atoms with E-state index in [1.54, 1.807) is 0 Å². The summed E-state index contributed by atoms with van der Waals surface area (Å²) in [6.45, 7) is 2.91. The molecule has 0 aromatic heterocycles. The Morgan fingerprint density at radius 3 is 2.58 bits per heavy atom. The smallest absolute Gasteiger partial charge is 0.127 e. The lowest BCUT2D eigenvalue weighted by Crippen LogP contribution is -2.46. The van der Waals surface area contributed by atoms with Gasteiger partial charge >= 0.3 is 0 Å². The van der Waals surface area contributed by atoms with E-state index >= 15 is 0 Å². The predicted octanol–water partition coefficient (Wildman–Crippen LogP) is 2.62. The predicted molar refractivity (Wildman–Crippen MR) is 76.2 cm³/mol. The van der Waals surface area contributed by atoms with E-state index in [0.29, 0.717) is 18.7 Å². The maximum Gasteiger partial charge on any atom is 0.127 e. The van der Waals surface area contributed by atoms with E-state index in [0.717, 1.165) is 32.0 Å². The van der Waals surface area contributed by atoms with Crippen molar-refractivity contribution in [2.24, 2.45) is 5.73 Å². The summed E-state index contributed by atoms with van der Waals surface area (Å²) in [7, 11) is 0. The van der Waals surface area contributed by atoms with Crippen molar-refractivity contribution in [3.63, 3.8) is 0 Å². The van der Waals surface area contributed by atoms with Gasteiger partial charge in [-0.15, -0.1) is 0 Å². The number of likely N-dealkylation sites (tertiary alicyclic amines) is 1. The van der Waals surface area contributed by atoms with Gasteiger partial charge in [0.2, 0.25) is 0 Å². The fraction of sp³-hybridized carbons (Fsp3) is 0.571. The molecule has 1 saturated heterocycles. The van der Waals surface area contributed by atoms with Crippen molar-refractivity contribution in [2.75, 3.05) is 25.9 Å². The van der Waals surface area contributed by atoms with Gasteiger partial charge in [0.15, 0.2) is 0 Å². The van der Waals surface area contributed by atoms with Gasteiger partial charge in [-0.2, -0.15) is 11.8 Å². The lowest BCUT2D eigenvalue weighted by molar-refractivity contribution is 0.193. The Balaban J connectivity index is 1.97. The molecule has 2 rings (SSSR count). The fourth-order valence-electron chi connectivity index (χ4n) is 2.52. The Labute approximate surface area is 117 Å². The second kappa shape index (κ2) is 6.20. The van der Waals surface area contributed by atoms with Crippen molar-refractivity contribution in [2.45, 2.75) is 24.1 Å². The molecule has 5 heteroatoms. The quantitative estimate of drug-likeness (QED) is 0.922. The summed E-state index contributed by atoms with van der Waals surface area (Å²) in [6, 6.07) is 3.64. The highest BCUT2D eigenvalue weighted by Crippen LogP contribution is 2.33. The molecule has 19 heavy (non-hydrogen) atoms. The third kappa shape index (κ3) is 3.46. The van der Waals surface area contributed by atoms with Gasteiger partial charge in [0.1, 0.15) is 11.6 Å². The van der Waals surface area contributed by atoms with E-state index in [4.69, 9.17) is 5.73 Å². The molecule has 0 bridgehead atoms. The molecule has 0 atom stereocenters. The number of piperidine rings is 1. The zero-order valence-electron chi connectivity index (χ0n) is 11.2. The lowest BCUT2D eigenvalue weighted by atomic mass is 9.95. The Hall–Kier alpha value is -0.650. The molecule has 1 aliphatic rings. The molecule has 1 fully saturated rings. The Bertz CT molecular complexity index is 425. The van der Waals surface area contributed by atoms with Crippen LogP contribution in [-0.2, 0) is 6.54 Å². The van der Waals surface area contributed by atoms with Gasteiger partial charge in [-0.25, -0.2) is 8.78 Å². The van der Waals surface area contributed by atoms with E-state index in [1.165, 1.54) is 12.1 Å². The summed E-state index contributed by atoms with van der Waals surface area (Å²) in [5.74, 6) is -0.712. The van der Waals surface area contributed by atoms with E-state index in [9.17, 15) is 8.78 Å². The molecule has 0 spiro atoms. The number of rotatable bonds is 4. The second-order valence-electron chi connectivity index (χ2n) is 5.10. The molecule has 1 heterocycles. The molecule has 2 N–H and O–H groups in total. The van der Waals surface area contributed by atoms with Gasteiger partial charge in [0.05, 0.1) is 0 Å². The third-order valence-electron chi connectivity index (χ3n) is 3.97. The van der Waals surface area contributed by atoms with Crippen LogP contribution in [0.3, 0.4) is 0 Å². The summed E-state index contributed by atoms with van der Waals surface area (Å²) in [5, 5.41) is 0. The number of halogens is 2. The molecule has 106 valence electrons. The monoisotopic (exact) mass is 286 g/mol. The number of hydrogen-bond donors (Lipinski definition) is 1. The molecule has 0 radical (unpaired) electrons. The van der Waals surface area contributed by atoms with Crippen LogP contribution in [0, 0.1) is 11.6 Å². The van der Waals surface area contributed by atoms with Gasteiger partial charge in [0.25, 0.3) is 0 Å². The number of nitrogens with two attached hydrogens (primary N) is 1. The van der Waals surface area contributed by atoms with E-state index in [2.05, 4.69) is 11.2 Å². The van der Waals surface area contributed by atoms with Gasteiger partial charge in [-0.3, -0.25) is 4.90 Å². The molecule has 0 unspecified atom stereocenters.